The van der Waals surface area contributed by atoms with Crippen molar-refractivity contribution in [1.82, 2.24) is 9.80 Å². The molecule has 4 nitrogen and oxygen atoms in total. The van der Waals surface area contributed by atoms with Gasteiger partial charge < -0.3 is 15.5 Å². The van der Waals surface area contributed by atoms with Gasteiger partial charge in [-0.05, 0) is 38.2 Å². The number of hydrogen-bond donors (Lipinski definition) is 1. The van der Waals surface area contributed by atoms with Crippen molar-refractivity contribution in [3.63, 3.8) is 0 Å². The normalized spacial score (nSPS) is 21.3. The molecule has 0 aromatic heterocycles. The number of carbonyl (C=O) groups is 1. The van der Waals surface area contributed by atoms with Crippen molar-refractivity contribution in [1.29, 1.82) is 0 Å². The van der Waals surface area contributed by atoms with Crippen molar-refractivity contribution < 1.29 is 4.79 Å². The van der Waals surface area contributed by atoms with Gasteiger partial charge in [0.15, 0.2) is 0 Å². The molecule has 1 heterocycles. The van der Waals surface area contributed by atoms with E-state index in [4.69, 9.17) is 5.73 Å². The molecule has 1 saturated heterocycles. The number of nitrogens with two attached hydrogens (primary N) is 1. The molecule has 1 aliphatic heterocycles. The fourth-order valence-electron chi connectivity index (χ4n) is 2.85. The summed E-state index contributed by atoms with van der Waals surface area (Å²) in [6, 6.07) is 7.89. The summed E-state index contributed by atoms with van der Waals surface area (Å²) in [5.74, 6) is 6.36. The predicted molar refractivity (Wildman–Crippen MR) is 84.9 cm³/mol. The fourth-order valence-corrected chi connectivity index (χ4v) is 2.85. The lowest BCUT2D eigenvalue weighted by atomic mass is 10.1. The van der Waals surface area contributed by atoms with E-state index in [-0.39, 0.29) is 5.91 Å². The zero-order valence-corrected chi connectivity index (χ0v) is 13.0. The largest absolute Gasteiger partial charge is 0.337 e. The zero-order valence-electron chi connectivity index (χ0n) is 13.0. The van der Waals surface area contributed by atoms with E-state index in [0.29, 0.717) is 24.1 Å². The van der Waals surface area contributed by atoms with Gasteiger partial charge in [-0.25, -0.2) is 0 Å². The number of nitrogens with zero attached hydrogens (tertiary/aromatic N) is 2. The second kappa shape index (κ2) is 6.75. The van der Waals surface area contributed by atoms with Crippen LogP contribution in [0.4, 0.5) is 0 Å². The van der Waals surface area contributed by atoms with Gasteiger partial charge in [-0.3, -0.25) is 4.79 Å². The zero-order chi connectivity index (χ0) is 15.4. The van der Waals surface area contributed by atoms with E-state index in [2.05, 4.69) is 37.8 Å². The highest BCUT2D eigenvalue weighted by atomic mass is 16.2. The molecule has 21 heavy (non-hydrogen) atoms. The summed E-state index contributed by atoms with van der Waals surface area (Å²) in [7, 11) is 4.14. The Morgan fingerprint density at radius 3 is 2.81 bits per heavy atom. The topological polar surface area (TPSA) is 49.6 Å². The monoisotopic (exact) mass is 285 g/mol. The van der Waals surface area contributed by atoms with Gasteiger partial charge in [0.2, 0.25) is 0 Å². The highest BCUT2D eigenvalue weighted by Crippen LogP contribution is 2.22. The van der Waals surface area contributed by atoms with Crippen LogP contribution in [-0.4, -0.2) is 55.5 Å². The summed E-state index contributed by atoms with van der Waals surface area (Å²) >= 11 is 0. The molecule has 0 aliphatic carbocycles. The Morgan fingerprint density at radius 2 is 2.19 bits per heavy atom. The van der Waals surface area contributed by atoms with Crippen molar-refractivity contribution >= 4 is 5.91 Å². The molecule has 1 aliphatic rings. The SMILES string of the molecule is CC1CN(C(=O)c2cccc(C#CCN)c2)CC1N(C)C. The standard InChI is InChI=1S/C17H23N3O/c1-13-11-20(12-16(13)19(2)3)17(21)15-8-4-6-14(10-15)7-5-9-18/h4,6,8,10,13,16H,9,11-12,18H2,1-3H3. The maximum atomic E-state index is 12.6. The van der Waals surface area contributed by atoms with E-state index in [0.717, 1.165) is 18.7 Å². The van der Waals surface area contributed by atoms with Gasteiger partial charge in [-0.1, -0.05) is 24.8 Å². The van der Waals surface area contributed by atoms with E-state index < -0.39 is 0 Å². The number of amides is 1. The quantitative estimate of drug-likeness (QED) is 0.825. The minimum Gasteiger partial charge on any atom is -0.337 e. The van der Waals surface area contributed by atoms with Crippen molar-refractivity contribution in [3.8, 4) is 11.8 Å². The molecule has 0 spiro atoms. The Bertz CT molecular complexity index is 571. The van der Waals surface area contributed by atoms with Crippen molar-refractivity contribution in [2.75, 3.05) is 33.7 Å². The van der Waals surface area contributed by atoms with Crippen LogP contribution in [0.1, 0.15) is 22.8 Å². The van der Waals surface area contributed by atoms with E-state index in [1.165, 1.54) is 0 Å². The fraction of sp³-hybridized carbons (Fsp3) is 0.471. The molecule has 2 N–H and O–H groups in total. The van der Waals surface area contributed by atoms with E-state index >= 15 is 0 Å². The van der Waals surface area contributed by atoms with Gasteiger partial charge >= 0.3 is 0 Å². The molecule has 0 bridgehead atoms. The van der Waals surface area contributed by atoms with Crippen LogP contribution in [-0.2, 0) is 0 Å². The number of benzene rings is 1. The lowest BCUT2D eigenvalue weighted by molar-refractivity contribution is 0.0781. The van der Waals surface area contributed by atoms with Crippen LogP contribution in [0.25, 0.3) is 0 Å². The number of likely N-dealkylation sites (N-methyl/N-ethyl adjacent to an activating group) is 1. The molecule has 2 rings (SSSR count). The lowest BCUT2D eigenvalue weighted by Gasteiger charge is -2.22. The molecule has 112 valence electrons. The minimum atomic E-state index is 0.0857. The Balaban J connectivity index is 2.14. The van der Waals surface area contributed by atoms with Crippen LogP contribution < -0.4 is 5.73 Å². The third-order valence-corrected chi connectivity index (χ3v) is 3.97. The summed E-state index contributed by atoms with van der Waals surface area (Å²) in [6.07, 6.45) is 0. The van der Waals surface area contributed by atoms with Crippen LogP contribution in [0.15, 0.2) is 24.3 Å². The molecular weight excluding hydrogens is 262 g/mol. The van der Waals surface area contributed by atoms with Gasteiger partial charge in [0.1, 0.15) is 0 Å². The van der Waals surface area contributed by atoms with Gasteiger partial charge in [0.25, 0.3) is 5.91 Å². The Kier molecular flexibility index (Phi) is 5.00. The van der Waals surface area contributed by atoms with Gasteiger partial charge in [-0.15, -0.1) is 0 Å². The average molecular weight is 285 g/mol. The Hall–Kier alpha value is -1.83. The number of rotatable bonds is 2. The maximum Gasteiger partial charge on any atom is 0.253 e. The summed E-state index contributed by atoms with van der Waals surface area (Å²) in [5, 5.41) is 0. The van der Waals surface area contributed by atoms with Crippen LogP contribution in [0.2, 0.25) is 0 Å². The first-order valence-corrected chi connectivity index (χ1v) is 7.27. The summed E-state index contributed by atoms with van der Waals surface area (Å²) < 4.78 is 0. The Labute approximate surface area is 126 Å². The maximum absolute atomic E-state index is 12.6. The Morgan fingerprint density at radius 1 is 1.43 bits per heavy atom. The molecule has 0 saturated carbocycles. The first kappa shape index (κ1) is 15.6. The van der Waals surface area contributed by atoms with Gasteiger partial charge in [0, 0.05) is 30.3 Å². The summed E-state index contributed by atoms with van der Waals surface area (Å²) in [6.45, 7) is 4.11. The average Bonchev–Trinajstić information content (AvgIpc) is 2.87. The number of hydrogen-bond acceptors (Lipinski definition) is 3. The first-order valence-electron chi connectivity index (χ1n) is 7.27. The van der Waals surface area contributed by atoms with E-state index in [1.54, 1.807) is 0 Å². The molecule has 1 aromatic rings. The summed E-state index contributed by atoms with van der Waals surface area (Å²) in [5.41, 5.74) is 6.91. The molecule has 2 unspecified atom stereocenters. The smallest absolute Gasteiger partial charge is 0.253 e. The van der Waals surface area contributed by atoms with E-state index in [9.17, 15) is 4.79 Å². The van der Waals surface area contributed by atoms with Crippen molar-refractivity contribution in [2.24, 2.45) is 11.7 Å². The third-order valence-electron chi connectivity index (χ3n) is 3.97. The van der Waals surface area contributed by atoms with Crippen LogP contribution in [0.5, 0.6) is 0 Å². The summed E-state index contributed by atoms with van der Waals surface area (Å²) in [4.78, 5) is 16.8. The van der Waals surface area contributed by atoms with Crippen LogP contribution >= 0.6 is 0 Å². The highest BCUT2D eigenvalue weighted by molar-refractivity contribution is 5.94. The number of likely N-dealkylation sites (tertiary alicyclic amines) is 1. The van der Waals surface area contributed by atoms with Crippen LogP contribution in [0, 0.1) is 17.8 Å². The molecule has 1 amide bonds. The van der Waals surface area contributed by atoms with Crippen molar-refractivity contribution in [2.45, 2.75) is 13.0 Å². The predicted octanol–water partition coefficient (Wildman–Crippen LogP) is 1.02. The molecule has 1 fully saturated rings. The number of carbonyl (C=O) groups excluding carboxylic acids is 1. The van der Waals surface area contributed by atoms with E-state index in [1.807, 2.05) is 29.2 Å². The van der Waals surface area contributed by atoms with Gasteiger partial charge in [-0.2, -0.15) is 0 Å². The van der Waals surface area contributed by atoms with Crippen LogP contribution in [0.3, 0.4) is 0 Å². The molecule has 0 radical (unpaired) electrons. The second-order valence-corrected chi connectivity index (χ2v) is 5.81. The third kappa shape index (κ3) is 3.63. The molecular formula is C17H23N3O. The second-order valence-electron chi connectivity index (χ2n) is 5.81. The molecule has 4 heteroatoms. The highest BCUT2D eigenvalue weighted by Gasteiger charge is 2.33. The lowest BCUT2D eigenvalue weighted by Crippen LogP contribution is -2.35. The minimum absolute atomic E-state index is 0.0857. The first-order chi connectivity index (χ1) is 10.0. The van der Waals surface area contributed by atoms with Crippen molar-refractivity contribution in [3.05, 3.63) is 35.4 Å². The molecule has 2 atom stereocenters. The van der Waals surface area contributed by atoms with Gasteiger partial charge in [0.05, 0.1) is 6.54 Å². The molecule has 1 aromatic carbocycles.